The summed E-state index contributed by atoms with van der Waals surface area (Å²) >= 11 is 0. The average molecular weight is 321 g/mol. The number of hydrogen-bond acceptors (Lipinski definition) is 4. The summed E-state index contributed by atoms with van der Waals surface area (Å²) in [5, 5.41) is 6.86. The van der Waals surface area contributed by atoms with E-state index < -0.39 is 6.04 Å². The van der Waals surface area contributed by atoms with E-state index in [1.54, 1.807) is 6.20 Å². The molecular formula is C16H27N5O2. The number of rotatable bonds is 6. The number of amides is 2. The minimum absolute atomic E-state index is 0.0308. The van der Waals surface area contributed by atoms with E-state index >= 15 is 0 Å². The molecule has 23 heavy (non-hydrogen) atoms. The predicted molar refractivity (Wildman–Crippen MR) is 87.4 cm³/mol. The van der Waals surface area contributed by atoms with Crippen molar-refractivity contribution in [2.24, 2.45) is 17.6 Å². The molecule has 0 radical (unpaired) electrons. The van der Waals surface area contributed by atoms with Crippen molar-refractivity contribution < 1.29 is 9.59 Å². The van der Waals surface area contributed by atoms with Crippen molar-refractivity contribution in [3.8, 4) is 0 Å². The summed E-state index contributed by atoms with van der Waals surface area (Å²) in [5.41, 5.74) is 5.76. The van der Waals surface area contributed by atoms with Gasteiger partial charge in [0.25, 0.3) is 0 Å². The number of piperidine rings is 1. The minimum atomic E-state index is -0.567. The van der Waals surface area contributed by atoms with E-state index in [1.807, 2.05) is 35.7 Å². The zero-order chi connectivity index (χ0) is 16.8. The molecule has 3 N–H and O–H groups in total. The second-order valence-corrected chi connectivity index (χ2v) is 6.54. The topological polar surface area (TPSA) is 93.2 Å². The molecule has 1 aliphatic rings. The second kappa shape index (κ2) is 8.10. The van der Waals surface area contributed by atoms with Crippen LogP contribution in [-0.2, 0) is 16.1 Å². The van der Waals surface area contributed by atoms with Crippen molar-refractivity contribution in [1.29, 1.82) is 0 Å². The van der Waals surface area contributed by atoms with E-state index in [0.29, 0.717) is 5.92 Å². The van der Waals surface area contributed by atoms with Gasteiger partial charge in [0.1, 0.15) is 0 Å². The van der Waals surface area contributed by atoms with Crippen LogP contribution in [0.25, 0.3) is 0 Å². The van der Waals surface area contributed by atoms with E-state index in [9.17, 15) is 9.59 Å². The van der Waals surface area contributed by atoms with Crippen LogP contribution in [0.1, 0.15) is 26.7 Å². The summed E-state index contributed by atoms with van der Waals surface area (Å²) in [4.78, 5) is 25.8. The summed E-state index contributed by atoms with van der Waals surface area (Å²) in [6.45, 7) is 6.17. The van der Waals surface area contributed by atoms with Gasteiger partial charge < -0.3 is 16.0 Å². The maximum atomic E-state index is 12.2. The van der Waals surface area contributed by atoms with E-state index in [4.69, 9.17) is 5.73 Å². The Morgan fingerprint density at radius 1 is 1.35 bits per heavy atom. The van der Waals surface area contributed by atoms with Crippen LogP contribution >= 0.6 is 0 Å². The molecule has 0 spiro atoms. The van der Waals surface area contributed by atoms with Crippen LogP contribution in [0, 0.1) is 11.8 Å². The van der Waals surface area contributed by atoms with Gasteiger partial charge in [-0.2, -0.15) is 5.10 Å². The Balaban J connectivity index is 1.70. The number of hydrogen-bond donors (Lipinski definition) is 2. The Hall–Kier alpha value is -1.89. The fourth-order valence-corrected chi connectivity index (χ4v) is 2.73. The van der Waals surface area contributed by atoms with Crippen LogP contribution in [0.15, 0.2) is 18.5 Å². The van der Waals surface area contributed by atoms with E-state index in [0.717, 1.165) is 32.5 Å². The zero-order valence-corrected chi connectivity index (χ0v) is 13.9. The standard InChI is InChI=1S/C16H27N5O2/c1-12(2)15(17)16(23)18-10-14(22)20-8-4-13(5-9-20)11-21-7-3-6-19-21/h3,6-7,12-13,15H,4-5,8-11,17H2,1-2H3,(H,18,23)/t15-/m0/s1. The molecule has 1 aliphatic heterocycles. The minimum Gasteiger partial charge on any atom is -0.346 e. The third-order valence-electron chi connectivity index (χ3n) is 4.41. The molecule has 0 unspecified atom stereocenters. The van der Waals surface area contributed by atoms with Crippen molar-refractivity contribution in [2.75, 3.05) is 19.6 Å². The van der Waals surface area contributed by atoms with Gasteiger partial charge in [0.05, 0.1) is 12.6 Å². The molecule has 0 aliphatic carbocycles. The zero-order valence-electron chi connectivity index (χ0n) is 13.9. The molecule has 1 aromatic rings. The van der Waals surface area contributed by atoms with Crippen molar-refractivity contribution in [3.63, 3.8) is 0 Å². The summed E-state index contributed by atoms with van der Waals surface area (Å²) in [6, 6.07) is 1.35. The molecule has 2 amide bonds. The number of nitrogens with zero attached hydrogens (tertiary/aromatic N) is 3. The molecule has 2 heterocycles. The second-order valence-electron chi connectivity index (χ2n) is 6.54. The summed E-state index contributed by atoms with van der Waals surface area (Å²) < 4.78 is 1.94. The van der Waals surface area contributed by atoms with Crippen molar-refractivity contribution >= 4 is 11.8 Å². The molecule has 1 saturated heterocycles. The highest BCUT2D eigenvalue weighted by Crippen LogP contribution is 2.18. The molecule has 7 heteroatoms. The lowest BCUT2D eigenvalue weighted by molar-refractivity contribution is -0.134. The fraction of sp³-hybridized carbons (Fsp3) is 0.688. The van der Waals surface area contributed by atoms with Gasteiger partial charge in [-0.25, -0.2) is 0 Å². The first kappa shape index (κ1) is 17.5. The van der Waals surface area contributed by atoms with Crippen LogP contribution in [0.5, 0.6) is 0 Å². The molecule has 1 aromatic heterocycles. The Labute approximate surface area is 137 Å². The van der Waals surface area contributed by atoms with Gasteiger partial charge in [-0.05, 0) is 30.7 Å². The first-order valence-electron chi connectivity index (χ1n) is 8.26. The summed E-state index contributed by atoms with van der Waals surface area (Å²) in [6.07, 6.45) is 5.67. The summed E-state index contributed by atoms with van der Waals surface area (Å²) in [5.74, 6) is 0.305. The fourth-order valence-electron chi connectivity index (χ4n) is 2.73. The average Bonchev–Trinajstić information content (AvgIpc) is 3.05. The third kappa shape index (κ3) is 5.06. The predicted octanol–water partition coefficient (Wildman–Crippen LogP) is 0.221. The van der Waals surface area contributed by atoms with E-state index in [2.05, 4.69) is 10.4 Å². The Bertz CT molecular complexity index is 507. The number of carbonyl (C=O) groups excluding carboxylic acids is 2. The number of aromatic nitrogens is 2. The Morgan fingerprint density at radius 2 is 2.04 bits per heavy atom. The molecule has 0 saturated carbocycles. The number of nitrogens with two attached hydrogens (primary N) is 1. The molecule has 0 aromatic carbocycles. The molecule has 128 valence electrons. The Kier molecular flexibility index (Phi) is 6.15. The van der Waals surface area contributed by atoms with Gasteiger partial charge in [-0.15, -0.1) is 0 Å². The quantitative estimate of drug-likeness (QED) is 0.784. The van der Waals surface area contributed by atoms with Crippen molar-refractivity contribution in [3.05, 3.63) is 18.5 Å². The van der Waals surface area contributed by atoms with Crippen LogP contribution in [0.2, 0.25) is 0 Å². The monoisotopic (exact) mass is 321 g/mol. The highest BCUT2D eigenvalue weighted by molar-refractivity contribution is 5.87. The first-order chi connectivity index (χ1) is 11.0. The van der Waals surface area contributed by atoms with Crippen LogP contribution in [0.4, 0.5) is 0 Å². The first-order valence-corrected chi connectivity index (χ1v) is 8.26. The molecular weight excluding hydrogens is 294 g/mol. The highest BCUT2D eigenvalue weighted by Gasteiger charge is 2.24. The van der Waals surface area contributed by atoms with Gasteiger partial charge in [0, 0.05) is 32.0 Å². The largest absolute Gasteiger partial charge is 0.346 e. The molecule has 1 atom stereocenters. The van der Waals surface area contributed by atoms with Crippen LogP contribution in [-0.4, -0.2) is 52.2 Å². The highest BCUT2D eigenvalue weighted by atomic mass is 16.2. The van der Waals surface area contributed by atoms with Crippen molar-refractivity contribution in [2.45, 2.75) is 39.3 Å². The van der Waals surface area contributed by atoms with Gasteiger partial charge in [0.2, 0.25) is 11.8 Å². The normalized spacial score (nSPS) is 17.3. The lowest BCUT2D eigenvalue weighted by Gasteiger charge is -2.32. The lowest BCUT2D eigenvalue weighted by Crippen LogP contribution is -2.49. The molecule has 0 bridgehead atoms. The van der Waals surface area contributed by atoms with Gasteiger partial charge >= 0.3 is 0 Å². The number of likely N-dealkylation sites (tertiary alicyclic amines) is 1. The number of carbonyl (C=O) groups is 2. The molecule has 1 fully saturated rings. The van der Waals surface area contributed by atoms with E-state index in [1.165, 1.54) is 0 Å². The lowest BCUT2D eigenvalue weighted by atomic mass is 9.97. The van der Waals surface area contributed by atoms with Crippen LogP contribution < -0.4 is 11.1 Å². The van der Waals surface area contributed by atoms with Gasteiger partial charge in [0.15, 0.2) is 0 Å². The van der Waals surface area contributed by atoms with Crippen LogP contribution in [0.3, 0.4) is 0 Å². The van der Waals surface area contributed by atoms with Crippen molar-refractivity contribution in [1.82, 2.24) is 20.0 Å². The third-order valence-corrected chi connectivity index (χ3v) is 4.41. The maximum Gasteiger partial charge on any atom is 0.241 e. The molecule has 2 rings (SSSR count). The molecule has 7 nitrogen and oxygen atoms in total. The number of nitrogens with one attached hydrogen (secondary N) is 1. The SMILES string of the molecule is CC(C)[C@H](N)C(=O)NCC(=O)N1CCC(Cn2cccn2)CC1. The maximum absolute atomic E-state index is 12.2. The Morgan fingerprint density at radius 3 is 2.61 bits per heavy atom. The van der Waals surface area contributed by atoms with Gasteiger partial charge in [-0.1, -0.05) is 13.8 Å². The van der Waals surface area contributed by atoms with E-state index in [-0.39, 0.29) is 24.3 Å². The summed E-state index contributed by atoms with van der Waals surface area (Å²) in [7, 11) is 0. The smallest absolute Gasteiger partial charge is 0.241 e. The van der Waals surface area contributed by atoms with Gasteiger partial charge in [-0.3, -0.25) is 14.3 Å².